The summed E-state index contributed by atoms with van der Waals surface area (Å²) in [6.07, 6.45) is 4.31. The largest absolute Gasteiger partial charge is 0.382 e. The van der Waals surface area contributed by atoms with Crippen molar-refractivity contribution >= 4 is 0 Å². The van der Waals surface area contributed by atoms with Gasteiger partial charge in [0.2, 0.25) is 0 Å². The lowest BCUT2D eigenvalue weighted by Crippen LogP contribution is -2.24. The SMILES string of the molecule is CCOCCCCOCCNCCOCCCCOCC. The average Bonchev–Trinajstić information content (AvgIpc) is 2.50. The van der Waals surface area contributed by atoms with Crippen LogP contribution in [0.5, 0.6) is 0 Å². The average molecular weight is 305 g/mol. The number of nitrogens with one attached hydrogen (secondary N) is 1. The second-order valence-corrected chi connectivity index (χ2v) is 4.78. The second-order valence-electron chi connectivity index (χ2n) is 4.78. The summed E-state index contributed by atoms with van der Waals surface area (Å²) in [7, 11) is 0. The highest BCUT2D eigenvalue weighted by Gasteiger charge is 1.93. The molecule has 0 aromatic heterocycles. The lowest BCUT2D eigenvalue weighted by Gasteiger charge is -2.07. The van der Waals surface area contributed by atoms with Gasteiger partial charge in [-0.05, 0) is 39.5 Å². The molecule has 1 N–H and O–H groups in total. The number of ether oxygens (including phenoxy) is 4. The fourth-order valence-electron chi connectivity index (χ4n) is 1.72. The monoisotopic (exact) mass is 305 g/mol. The van der Waals surface area contributed by atoms with E-state index in [2.05, 4.69) is 5.32 Å². The smallest absolute Gasteiger partial charge is 0.0590 e. The van der Waals surface area contributed by atoms with E-state index in [-0.39, 0.29) is 0 Å². The quantitative estimate of drug-likeness (QED) is 0.394. The van der Waals surface area contributed by atoms with Crippen LogP contribution in [0.3, 0.4) is 0 Å². The second kappa shape index (κ2) is 19.8. The standard InChI is InChI=1S/C16H35NO4/c1-3-18-11-5-7-13-20-15-9-17-10-16-21-14-8-6-12-19-4-2/h17H,3-16H2,1-2H3. The van der Waals surface area contributed by atoms with Crippen LogP contribution in [0.1, 0.15) is 39.5 Å². The first-order valence-electron chi connectivity index (χ1n) is 8.43. The number of rotatable bonds is 18. The molecule has 0 radical (unpaired) electrons. The molecule has 0 rings (SSSR count). The normalized spacial score (nSPS) is 11.1. The molecule has 0 saturated heterocycles. The Bertz CT molecular complexity index is 164. The van der Waals surface area contributed by atoms with Gasteiger partial charge in [-0.1, -0.05) is 0 Å². The molecule has 0 aliphatic rings. The zero-order chi connectivity index (χ0) is 15.4. The Morgan fingerprint density at radius 2 is 0.905 bits per heavy atom. The summed E-state index contributed by atoms with van der Waals surface area (Å²) in [4.78, 5) is 0. The molecule has 0 heterocycles. The maximum absolute atomic E-state index is 5.52. The Morgan fingerprint density at radius 1 is 0.524 bits per heavy atom. The number of hydrogen-bond donors (Lipinski definition) is 1. The highest BCUT2D eigenvalue weighted by molar-refractivity contribution is 4.46. The van der Waals surface area contributed by atoms with Gasteiger partial charge in [0.25, 0.3) is 0 Å². The van der Waals surface area contributed by atoms with Crippen LogP contribution in [0, 0.1) is 0 Å². The van der Waals surface area contributed by atoms with Gasteiger partial charge >= 0.3 is 0 Å². The number of hydrogen-bond acceptors (Lipinski definition) is 5. The maximum Gasteiger partial charge on any atom is 0.0590 e. The van der Waals surface area contributed by atoms with Crippen LogP contribution in [0.15, 0.2) is 0 Å². The molecular formula is C16H35NO4. The summed E-state index contributed by atoms with van der Waals surface area (Å²) in [6, 6.07) is 0. The number of unbranched alkanes of at least 4 members (excludes halogenated alkanes) is 2. The van der Waals surface area contributed by atoms with Crippen molar-refractivity contribution in [3.63, 3.8) is 0 Å². The van der Waals surface area contributed by atoms with Crippen molar-refractivity contribution in [3.8, 4) is 0 Å². The van der Waals surface area contributed by atoms with Crippen LogP contribution < -0.4 is 5.32 Å². The van der Waals surface area contributed by atoms with Crippen molar-refractivity contribution in [1.29, 1.82) is 0 Å². The van der Waals surface area contributed by atoms with Gasteiger partial charge in [-0.2, -0.15) is 0 Å². The molecule has 21 heavy (non-hydrogen) atoms. The molecule has 0 unspecified atom stereocenters. The first kappa shape index (κ1) is 20.8. The van der Waals surface area contributed by atoms with Crippen LogP contribution in [0.2, 0.25) is 0 Å². The summed E-state index contributed by atoms with van der Waals surface area (Å²) in [5.41, 5.74) is 0. The van der Waals surface area contributed by atoms with Crippen molar-refractivity contribution in [2.24, 2.45) is 0 Å². The van der Waals surface area contributed by atoms with Crippen LogP contribution in [0.4, 0.5) is 0 Å². The van der Waals surface area contributed by atoms with E-state index in [9.17, 15) is 0 Å². The van der Waals surface area contributed by atoms with Crippen LogP contribution >= 0.6 is 0 Å². The summed E-state index contributed by atoms with van der Waals surface area (Å²) < 4.78 is 21.6. The van der Waals surface area contributed by atoms with Crippen molar-refractivity contribution in [2.75, 3.05) is 65.9 Å². The Kier molecular flexibility index (Phi) is 19.6. The first-order chi connectivity index (χ1) is 10.4. The minimum atomic E-state index is 0.767. The van der Waals surface area contributed by atoms with Gasteiger partial charge in [-0.15, -0.1) is 0 Å². The van der Waals surface area contributed by atoms with Gasteiger partial charge < -0.3 is 24.3 Å². The molecule has 0 fully saturated rings. The maximum atomic E-state index is 5.52. The molecule has 0 spiro atoms. The predicted octanol–water partition coefficient (Wildman–Crippen LogP) is 2.24. The van der Waals surface area contributed by atoms with Gasteiger partial charge in [0.15, 0.2) is 0 Å². The molecule has 5 heteroatoms. The first-order valence-corrected chi connectivity index (χ1v) is 8.43. The van der Waals surface area contributed by atoms with E-state index in [0.29, 0.717) is 0 Å². The van der Waals surface area contributed by atoms with Crippen molar-refractivity contribution in [2.45, 2.75) is 39.5 Å². The zero-order valence-electron chi connectivity index (χ0n) is 14.0. The zero-order valence-corrected chi connectivity index (χ0v) is 14.0. The topological polar surface area (TPSA) is 49.0 Å². The minimum Gasteiger partial charge on any atom is -0.382 e. The highest BCUT2D eigenvalue weighted by atomic mass is 16.5. The Labute approximate surface area is 130 Å². The van der Waals surface area contributed by atoms with Crippen LogP contribution in [0.25, 0.3) is 0 Å². The highest BCUT2D eigenvalue weighted by Crippen LogP contribution is 1.92. The predicted molar refractivity (Wildman–Crippen MR) is 86.0 cm³/mol. The summed E-state index contributed by atoms with van der Waals surface area (Å²) in [5, 5.41) is 3.31. The Morgan fingerprint density at radius 3 is 1.29 bits per heavy atom. The summed E-state index contributed by atoms with van der Waals surface area (Å²) in [5.74, 6) is 0. The lowest BCUT2D eigenvalue weighted by atomic mass is 10.3. The van der Waals surface area contributed by atoms with E-state index in [1.165, 1.54) is 0 Å². The third-order valence-electron chi connectivity index (χ3n) is 2.91. The lowest BCUT2D eigenvalue weighted by molar-refractivity contribution is 0.100. The van der Waals surface area contributed by atoms with E-state index >= 15 is 0 Å². The van der Waals surface area contributed by atoms with Crippen molar-refractivity contribution in [3.05, 3.63) is 0 Å². The Balaban J connectivity index is 2.90. The van der Waals surface area contributed by atoms with Gasteiger partial charge in [-0.3, -0.25) is 0 Å². The fourth-order valence-corrected chi connectivity index (χ4v) is 1.72. The molecule has 0 aromatic carbocycles. The van der Waals surface area contributed by atoms with E-state index in [4.69, 9.17) is 18.9 Å². The minimum absolute atomic E-state index is 0.767. The molecule has 0 atom stereocenters. The van der Waals surface area contributed by atoms with E-state index in [1.54, 1.807) is 0 Å². The Hall–Kier alpha value is -0.200. The van der Waals surface area contributed by atoms with Crippen LogP contribution in [-0.2, 0) is 18.9 Å². The molecule has 0 aliphatic heterocycles. The van der Waals surface area contributed by atoms with Crippen molar-refractivity contribution in [1.82, 2.24) is 5.32 Å². The third-order valence-corrected chi connectivity index (χ3v) is 2.91. The van der Waals surface area contributed by atoms with E-state index < -0.39 is 0 Å². The van der Waals surface area contributed by atoms with Gasteiger partial charge in [0.05, 0.1) is 13.2 Å². The summed E-state index contributed by atoms with van der Waals surface area (Å²) in [6.45, 7) is 12.3. The van der Waals surface area contributed by atoms with Gasteiger partial charge in [0, 0.05) is 52.7 Å². The molecule has 0 bridgehead atoms. The van der Waals surface area contributed by atoms with Crippen LogP contribution in [-0.4, -0.2) is 65.9 Å². The van der Waals surface area contributed by atoms with E-state index in [1.807, 2.05) is 13.8 Å². The summed E-state index contributed by atoms with van der Waals surface area (Å²) >= 11 is 0. The van der Waals surface area contributed by atoms with E-state index in [0.717, 1.165) is 91.6 Å². The van der Waals surface area contributed by atoms with Crippen molar-refractivity contribution < 1.29 is 18.9 Å². The van der Waals surface area contributed by atoms with Gasteiger partial charge in [0.1, 0.15) is 0 Å². The fraction of sp³-hybridized carbons (Fsp3) is 1.00. The molecule has 0 aliphatic carbocycles. The van der Waals surface area contributed by atoms with Gasteiger partial charge in [-0.25, -0.2) is 0 Å². The molecule has 0 aromatic rings. The molecule has 5 nitrogen and oxygen atoms in total. The molecular weight excluding hydrogens is 270 g/mol. The molecule has 0 amide bonds. The molecule has 0 saturated carbocycles. The molecule has 128 valence electrons. The third kappa shape index (κ3) is 19.8.